The Hall–Kier alpha value is -3.80. The largest absolute Gasteiger partial charge is 0.264 e. The Morgan fingerprint density at radius 2 is 1.74 bits per heavy atom. The van der Waals surface area contributed by atoms with Gasteiger partial charge in [-0.1, -0.05) is 12.1 Å². The molecule has 4 heterocycles. The van der Waals surface area contributed by atoms with Crippen molar-refractivity contribution in [2.45, 2.75) is 0 Å². The van der Waals surface area contributed by atoms with E-state index in [1.54, 1.807) is 43.0 Å². The fourth-order valence-corrected chi connectivity index (χ4v) is 3.19. The molecule has 0 aliphatic heterocycles. The van der Waals surface area contributed by atoms with Gasteiger partial charge < -0.3 is 0 Å². The molecule has 0 fully saturated rings. The van der Waals surface area contributed by atoms with E-state index in [1.807, 2.05) is 24.3 Å². The molecule has 4 aromatic heterocycles. The summed E-state index contributed by atoms with van der Waals surface area (Å²) in [5.41, 5.74) is 2.94. The molecule has 0 amide bonds. The van der Waals surface area contributed by atoms with E-state index in [9.17, 15) is 4.39 Å². The lowest BCUT2D eigenvalue weighted by atomic mass is 10.0. The quantitative estimate of drug-likeness (QED) is 0.469. The van der Waals surface area contributed by atoms with Crippen LogP contribution in [0.3, 0.4) is 0 Å². The van der Waals surface area contributed by atoms with E-state index in [4.69, 9.17) is 0 Å². The Bertz CT molecular complexity index is 1300. The zero-order valence-corrected chi connectivity index (χ0v) is 14.0. The zero-order chi connectivity index (χ0) is 18.2. The van der Waals surface area contributed by atoms with Crippen molar-refractivity contribution in [3.63, 3.8) is 0 Å². The molecule has 27 heavy (non-hydrogen) atoms. The highest BCUT2D eigenvalue weighted by atomic mass is 19.1. The van der Waals surface area contributed by atoms with E-state index in [0.717, 1.165) is 21.7 Å². The zero-order valence-electron chi connectivity index (χ0n) is 14.0. The summed E-state index contributed by atoms with van der Waals surface area (Å²) >= 11 is 0. The second-order valence-electron chi connectivity index (χ2n) is 6.07. The number of rotatable bonds is 2. The van der Waals surface area contributed by atoms with Gasteiger partial charge in [0.05, 0.1) is 11.9 Å². The molecule has 0 bridgehead atoms. The number of aromatic nitrogens is 5. The van der Waals surface area contributed by atoms with Crippen LogP contribution >= 0.6 is 0 Å². The van der Waals surface area contributed by atoms with Gasteiger partial charge in [-0.05, 0) is 36.4 Å². The molecule has 0 radical (unpaired) electrons. The number of benzene rings is 1. The minimum Gasteiger partial charge on any atom is -0.264 e. The minimum atomic E-state index is -0.334. The molecule has 0 aliphatic carbocycles. The predicted octanol–water partition coefficient (Wildman–Crippen LogP) is 4.44. The van der Waals surface area contributed by atoms with Crippen LogP contribution in [-0.2, 0) is 0 Å². The van der Waals surface area contributed by atoms with Crippen molar-refractivity contribution in [1.82, 2.24) is 25.1 Å². The molecule has 5 nitrogen and oxygen atoms in total. The van der Waals surface area contributed by atoms with Crippen LogP contribution in [0.1, 0.15) is 0 Å². The SMILES string of the molecule is Fc1ccccc1-c1cc(-c2nncc3cnccc23)c2cccnc2n1. The fourth-order valence-electron chi connectivity index (χ4n) is 3.19. The van der Waals surface area contributed by atoms with Crippen LogP contribution in [0.5, 0.6) is 0 Å². The van der Waals surface area contributed by atoms with Gasteiger partial charge >= 0.3 is 0 Å². The van der Waals surface area contributed by atoms with Crippen LogP contribution in [0.2, 0.25) is 0 Å². The van der Waals surface area contributed by atoms with Gasteiger partial charge in [-0.25, -0.2) is 14.4 Å². The summed E-state index contributed by atoms with van der Waals surface area (Å²) in [5, 5.41) is 11.1. The third kappa shape index (κ3) is 2.58. The van der Waals surface area contributed by atoms with Crippen molar-refractivity contribution in [2.24, 2.45) is 0 Å². The van der Waals surface area contributed by atoms with Crippen molar-refractivity contribution in [3.05, 3.63) is 79.1 Å². The van der Waals surface area contributed by atoms with Gasteiger partial charge in [-0.3, -0.25) is 4.98 Å². The molecule has 5 aromatic rings. The Morgan fingerprint density at radius 3 is 2.67 bits per heavy atom. The van der Waals surface area contributed by atoms with Gasteiger partial charge in [0.25, 0.3) is 0 Å². The summed E-state index contributed by atoms with van der Waals surface area (Å²) in [6, 6.07) is 14.1. The van der Waals surface area contributed by atoms with Crippen LogP contribution in [0.15, 0.2) is 73.3 Å². The third-order valence-electron chi connectivity index (χ3n) is 4.45. The summed E-state index contributed by atoms with van der Waals surface area (Å²) < 4.78 is 14.4. The van der Waals surface area contributed by atoms with Gasteiger partial charge in [0.2, 0.25) is 0 Å². The molecule has 0 N–H and O–H groups in total. The van der Waals surface area contributed by atoms with Crippen LogP contribution in [-0.4, -0.2) is 25.1 Å². The molecule has 6 heteroatoms. The molecule has 0 unspecified atom stereocenters. The van der Waals surface area contributed by atoms with Gasteiger partial charge in [-0.15, -0.1) is 5.10 Å². The Morgan fingerprint density at radius 1 is 0.815 bits per heavy atom. The molecule has 0 atom stereocenters. The van der Waals surface area contributed by atoms with Crippen LogP contribution in [0.25, 0.3) is 44.3 Å². The molecule has 0 spiro atoms. The second-order valence-corrected chi connectivity index (χ2v) is 6.07. The maximum absolute atomic E-state index is 14.4. The molecule has 5 rings (SSSR count). The van der Waals surface area contributed by atoms with Gasteiger partial charge in [0.1, 0.15) is 11.5 Å². The number of hydrogen-bond donors (Lipinski definition) is 0. The summed E-state index contributed by atoms with van der Waals surface area (Å²) in [7, 11) is 0. The number of nitrogens with zero attached hydrogens (tertiary/aromatic N) is 5. The Kier molecular flexibility index (Phi) is 3.53. The molecule has 0 aliphatic rings. The van der Waals surface area contributed by atoms with E-state index in [0.29, 0.717) is 22.6 Å². The summed E-state index contributed by atoms with van der Waals surface area (Å²) in [4.78, 5) is 13.1. The Balaban J connectivity index is 1.87. The van der Waals surface area contributed by atoms with E-state index >= 15 is 0 Å². The average Bonchev–Trinajstić information content (AvgIpc) is 2.73. The summed E-state index contributed by atoms with van der Waals surface area (Å²) in [5.74, 6) is -0.334. The van der Waals surface area contributed by atoms with Crippen LogP contribution in [0.4, 0.5) is 4.39 Å². The number of hydrogen-bond acceptors (Lipinski definition) is 5. The molecule has 0 saturated carbocycles. The lowest BCUT2D eigenvalue weighted by Gasteiger charge is -2.11. The monoisotopic (exact) mass is 353 g/mol. The van der Waals surface area contributed by atoms with E-state index in [2.05, 4.69) is 25.1 Å². The fraction of sp³-hybridized carbons (Fsp3) is 0. The standard InChI is InChI=1S/C21H12FN5/c22-18-6-2-1-4-16(18)19-10-17(15-5-3-8-24-21(15)26-19)20-14-7-9-23-11-13(14)12-25-27-20/h1-12H. The first-order valence-corrected chi connectivity index (χ1v) is 8.38. The maximum atomic E-state index is 14.4. The van der Waals surface area contributed by atoms with Crippen molar-refractivity contribution in [2.75, 3.05) is 0 Å². The first-order chi connectivity index (χ1) is 13.3. The smallest absolute Gasteiger partial charge is 0.160 e. The first-order valence-electron chi connectivity index (χ1n) is 8.38. The van der Waals surface area contributed by atoms with Crippen LogP contribution < -0.4 is 0 Å². The Labute approximate surface area is 153 Å². The third-order valence-corrected chi connectivity index (χ3v) is 4.45. The molecular formula is C21H12FN5. The molecule has 0 saturated heterocycles. The van der Waals surface area contributed by atoms with Gasteiger partial charge in [-0.2, -0.15) is 5.10 Å². The van der Waals surface area contributed by atoms with Crippen molar-refractivity contribution < 1.29 is 4.39 Å². The first kappa shape index (κ1) is 15.5. The minimum absolute atomic E-state index is 0.334. The highest BCUT2D eigenvalue weighted by molar-refractivity contribution is 6.02. The topological polar surface area (TPSA) is 64.5 Å². The van der Waals surface area contributed by atoms with Crippen molar-refractivity contribution >= 4 is 21.8 Å². The molecular weight excluding hydrogens is 341 g/mol. The van der Waals surface area contributed by atoms with Crippen molar-refractivity contribution in [1.29, 1.82) is 0 Å². The van der Waals surface area contributed by atoms with E-state index in [-0.39, 0.29) is 5.82 Å². The van der Waals surface area contributed by atoms with Crippen molar-refractivity contribution in [3.8, 4) is 22.5 Å². The lowest BCUT2D eigenvalue weighted by Crippen LogP contribution is -1.96. The predicted molar refractivity (Wildman–Crippen MR) is 101 cm³/mol. The summed E-state index contributed by atoms with van der Waals surface area (Å²) in [6.45, 7) is 0. The maximum Gasteiger partial charge on any atom is 0.160 e. The lowest BCUT2D eigenvalue weighted by molar-refractivity contribution is 0.631. The number of pyridine rings is 3. The number of fused-ring (bicyclic) bond motifs is 2. The normalized spacial score (nSPS) is 11.1. The van der Waals surface area contributed by atoms with E-state index in [1.165, 1.54) is 6.07 Å². The number of halogens is 1. The van der Waals surface area contributed by atoms with E-state index < -0.39 is 0 Å². The van der Waals surface area contributed by atoms with Crippen LogP contribution in [0, 0.1) is 5.82 Å². The second kappa shape index (κ2) is 6.17. The average molecular weight is 353 g/mol. The molecule has 1 aromatic carbocycles. The van der Waals surface area contributed by atoms with Gasteiger partial charge in [0.15, 0.2) is 5.65 Å². The highest BCUT2D eigenvalue weighted by Gasteiger charge is 2.15. The highest BCUT2D eigenvalue weighted by Crippen LogP contribution is 2.33. The summed E-state index contributed by atoms with van der Waals surface area (Å²) in [6.07, 6.45) is 6.80. The van der Waals surface area contributed by atoms with Gasteiger partial charge in [0, 0.05) is 45.9 Å². The molecule has 128 valence electrons.